The number of hydrogen-bond acceptors (Lipinski definition) is 4. The third kappa shape index (κ3) is 8.24. The van der Waals surface area contributed by atoms with Crippen molar-refractivity contribution in [1.82, 2.24) is 14.7 Å². The molecule has 0 heterocycles. The normalized spacial score (nSPS) is 11.0. The number of amides is 2. The molecule has 0 aromatic carbocycles. The van der Waals surface area contributed by atoms with Crippen molar-refractivity contribution in [2.24, 2.45) is 0 Å². The van der Waals surface area contributed by atoms with E-state index in [9.17, 15) is 14.4 Å². The summed E-state index contributed by atoms with van der Waals surface area (Å²) in [5.41, 5.74) is 0. The van der Waals surface area contributed by atoms with Gasteiger partial charge in [-0.05, 0) is 20.0 Å². The van der Waals surface area contributed by atoms with E-state index in [-0.39, 0.29) is 30.7 Å². The topological polar surface area (TPSA) is 60.9 Å². The molecule has 0 aliphatic carbocycles. The lowest BCUT2D eigenvalue weighted by Crippen LogP contribution is -2.44. The predicted molar refractivity (Wildman–Crippen MR) is 82.9 cm³/mol. The van der Waals surface area contributed by atoms with Gasteiger partial charge in [-0.25, -0.2) is 0 Å². The van der Waals surface area contributed by atoms with Gasteiger partial charge in [0, 0.05) is 33.6 Å². The van der Waals surface area contributed by atoms with Crippen molar-refractivity contribution in [2.45, 2.75) is 20.3 Å². The molecule has 0 bridgehead atoms. The number of nitrogens with zero attached hydrogens (tertiary/aromatic N) is 3. The van der Waals surface area contributed by atoms with Crippen LogP contribution >= 0.6 is 0 Å². The zero-order valence-corrected chi connectivity index (χ0v) is 13.8. The Labute approximate surface area is 127 Å². The average Bonchev–Trinajstić information content (AvgIpc) is 2.43. The Morgan fingerprint density at radius 3 is 2.05 bits per heavy atom. The SMILES string of the molecule is CCC(=O)/C=C/CN(C)CC(=O)N(CC)CC(=O)N(C)C. The van der Waals surface area contributed by atoms with Crippen LogP contribution in [0.25, 0.3) is 0 Å². The quantitative estimate of drug-likeness (QED) is 0.578. The molecule has 0 spiro atoms. The van der Waals surface area contributed by atoms with E-state index in [0.29, 0.717) is 19.5 Å². The van der Waals surface area contributed by atoms with Gasteiger partial charge in [-0.3, -0.25) is 19.3 Å². The lowest BCUT2D eigenvalue weighted by molar-refractivity contribution is -0.139. The Bertz CT molecular complexity index is 392. The molecular formula is C15H27N3O3. The largest absolute Gasteiger partial charge is 0.347 e. The second kappa shape index (κ2) is 10.1. The Morgan fingerprint density at radius 1 is 0.952 bits per heavy atom. The van der Waals surface area contributed by atoms with Gasteiger partial charge in [0.25, 0.3) is 0 Å². The monoisotopic (exact) mass is 297 g/mol. The number of allylic oxidation sites excluding steroid dienone is 1. The molecule has 6 heteroatoms. The van der Waals surface area contributed by atoms with E-state index in [0.717, 1.165) is 0 Å². The van der Waals surface area contributed by atoms with Crippen LogP contribution in [0, 0.1) is 0 Å². The molecule has 0 unspecified atom stereocenters. The summed E-state index contributed by atoms with van der Waals surface area (Å²) in [5.74, 6) is -0.117. The smallest absolute Gasteiger partial charge is 0.241 e. The van der Waals surface area contributed by atoms with Crippen molar-refractivity contribution >= 4 is 17.6 Å². The van der Waals surface area contributed by atoms with Crippen molar-refractivity contribution in [1.29, 1.82) is 0 Å². The minimum absolute atomic E-state index is 0.0708. The fourth-order valence-electron chi connectivity index (χ4n) is 1.56. The molecule has 0 rings (SSSR count). The highest BCUT2D eigenvalue weighted by atomic mass is 16.2. The second-order valence-electron chi connectivity index (χ2n) is 5.12. The molecule has 0 N–H and O–H groups in total. The zero-order valence-electron chi connectivity index (χ0n) is 13.8. The van der Waals surface area contributed by atoms with Crippen LogP contribution in [-0.4, -0.2) is 79.6 Å². The predicted octanol–water partition coefficient (Wildman–Crippen LogP) is 0.390. The van der Waals surface area contributed by atoms with Gasteiger partial charge >= 0.3 is 0 Å². The molecule has 0 aromatic heterocycles. The minimum atomic E-state index is -0.0960. The van der Waals surface area contributed by atoms with Gasteiger partial charge in [0.1, 0.15) is 0 Å². The molecule has 6 nitrogen and oxygen atoms in total. The maximum absolute atomic E-state index is 12.1. The summed E-state index contributed by atoms with van der Waals surface area (Å²) in [5, 5.41) is 0. The molecular weight excluding hydrogens is 270 g/mol. The molecule has 0 radical (unpaired) electrons. The third-order valence-corrected chi connectivity index (χ3v) is 3.03. The number of carbonyl (C=O) groups excluding carboxylic acids is 3. The molecule has 0 aliphatic rings. The fourth-order valence-corrected chi connectivity index (χ4v) is 1.56. The first-order valence-corrected chi connectivity index (χ1v) is 7.17. The van der Waals surface area contributed by atoms with Crippen LogP contribution in [0.2, 0.25) is 0 Å². The van der Waals surface area contributed by atoms with Gasteiger partial charge in [0.2, 0.25) is 11.8 Å². The first-order chi connectivity index (χ1) is 9.81. The fraction of sp³-hybridized carbons (Fsp3) is 0.667. The van der Waals surface area contributed by atoms with Gasteiger partial charge in [0.15, 0.2) is 5.78 Å². The van der Waals surface area contributed by atoms with Gasteiger partial charge in [-0.2, -0.15) is 0 Å². The highest BCUT2D eigenvalue weighted by Crippen LogP contribution is 1.95. The number of ketones is 1. The summed E-state index contributed by atoms with van der Waals surface area (Å²) < 4.78 is 0. The van der Waals surface area contributed by atoms with Crippen molar-refractivity contribution < 1.29 is 14.4 Å². The van der Waals surface area contributed by atoms with Crippen LogP contribution in [-0.2, 0) is 14.4 Å². The molecule has 0 saturated heterocycles. The molecule has 0 atom stereocenters. The lowest BCUT2D eigenvalue weighted by Gasteiger charge is -2.24. The number of rotatable bonds is 9. The van der Waals surface area contributed by atoms with E-state index in [1.807, 2.05) is 11.8 Å². The Balaban J connectivity index is 4.33. The number of hydrogen-bond donors (Lipinski definition) is 0. The summed E-state index contributed by atoms with van der Waals surface area (Å²) >= 11 is 0. The van der Waals surface area contributed by atoms with Crippen molar-refractivity contribution in [2.75, 3.05) is 47.3 Å². The van der Waals surface area contributed by atoms with Crippen LogP contribution < -0.4 is 0 Å². The average molecular weight is 297 g/mol. The Hall–Kier alpha value is -1.69. The number of likely N-dealkylation sites (N-methyl/N-ethyl adjacent to an activating group) is 3. The third-order valence-electron chi connectivity index (χ3n) is 3.03. The maximum atomic E-state index is 12.1. The molecule has 21 heavy (non-hydrogen) atoms. The molecule has 0 aromatic rings. The first kappa shape index (κ1) is 19.3. The highest BCUT2D eigenvalue weighted by Gasteiger charge is 2.17. The van der Waals surface area contributed by atoms with Gasteiger partial charge < -0.3 is 9.80 Å². The van der Waals surface area contributed by atoms with E-state index in [4.69, 9.17) is 0 Å². The molecule has 0 aliphatic heterocycles. The second-order valence-corrected chi connectivity index (χ2v) is 5.12. The molecule has 2 amide bonds. The van der Waals surface area contributed by atoms with Gasteiger partial charge in [0.05, 0.1) is 13.1 Å². The minimum Gasteiger partial charge on any atom is -0.347 e. The van der Waals surface area contributed by atoms with Crippen LogP contribution in [0.5, 0.6) is 0 Å². The summed E-state index contributed by atoms with van der Waals surface area (Å²) in [6.45, 7) is 4.99. The number of carbonyl (C=O) groups is 3. The van der Waals surface area contributed by atoms with Crippen LogP contribution in [0.4, 0.5) is 0 Å². The Morgan fingerprint density at radius 2 is 1.57 bits per heavy atom. The van der Waals surface area contributed by atoms with E-state index < -0.39 is 0 Å². The lowest BCUT2D eigenvalue weighted by atomic mass is 10.3. The van der Waals surface area contributed by atoms with Gasteiger partial charge in [-0.15, -0.1) is 0 Å². The van der Waals surface area contributed by atoms with E-state index >= 15 is 0 Å². The zero-order chi connectivity index (χ0) is 16.4. The standard InChI is InChI=1S/C15H27N3O3/c1-6-13(19)9-8-10-17(5)11-15(21)18(7-2)12-14(20)16(3)4/h8-9H,6-7,10-12H2,1-5H3/b9-8+. The van der Waals surface area contributed by atoms with Crippen molar-refractivity contribution in [3.63, 3.8) is 0 Å². The summed E-state index contributed by atoms with van der Waals surface area (Å²) in [6.07, 6.45) is 3.77. The van der Waals surface area contributed by atoms with Crippen molar-refractivity contribution in [3.05, 3.63) is 12.2 Å². The highest BCUT2D eigenvalue weighted by molar-refractivity contribution is 5.89. The Kier molecular flexibility index (Phi) is 9.28. The van der Waals surface area contributed by atoms with E-state index in [1.54, 1.807) is 34.1 Å². The van der Waals surface area contributed by atoms with Crippen molar-refractivity contribution in [3.8, 4) is 0 Å². The maximum Gasteiger partial charge on any atom is 0.241 e. The molecule has 120 valence electrons. The summed E-state index contributed by atoms with van der Waals surface area (Å²) in [6, 6.07) is 0. The van der Waals surface area contributed by atoms with Crippen LogP contribution in [0.1, 0.15) is 20.3 Å². The summed E-state index contributed by atoms with van der Waals surface area (Å²) in [7, 11) is 5.14. The first-order valence-electron chi connectivity index (χ1n) is 7.17. The van der Waals surface area contributed by atoms with E-state index in [2.05, 4.69) is 0 Å². The van der Waals surface area contributed by atoms with Gasteiger partial charge in [-0.1, -0.05) is 13.0 Å². The van der Waals surface area contributed by atoms with Crippen LogP contribution in [0.15, 0.2) is 12.2 Å². The molecule has 0 saturated carbocycles. The molecule has 0 fully saturated rings. The van der Waals surface area contributed by atoms with Crippen LogP contribution in [0.3, 0.4) is 0 Å². The summed E-state index contributed by atoms with van der Waals surface area (Å²) in [4.78, 5) is 39.7. The van der Waals surface area contributed by atoms with E-state index in [1.165, 1.54) is 15.9 Å².